The fourth-order valence-corrected chi connectivity index (χ4v) is 2.98. The van der Waals surface area contributed by atoms with Crippen molar-refractivity contribution in [2.24, 2.45) is 5.92 Å². The summed E-state index contributed by atoms with van der Waals surface area (Å²) in [5.74, 6) is 0.111. The lowest BCUT2D eigenvalue weighted by atomic mass is 9.99. The number of carbonyl (C=O) groups excluding carboxylic acids is 2. The number of hydrogen-bond acceptors (Lipinski definition) is 3. The van der Waals surface area contributed by atoms with E-state index in [0.29, 0.717) is 15.8 Å². The molecular formula is C12H14ClNO2S. The third-order valence-corrected chi connectivity index (χ3v) is 4.25. The standard InChI is InChI=1S/C12H14ClNO2S/c1-8-3-2-6-14(12(8)16)7-9(15)10-4-5-11(13)17-10/h4-5,8H,2-3,6-7H2,1H3. The molecule has 2 heterocycles. The van der Waals surface area contributed by atoms with Crippen LogP contribution in [-0.2, 0) is 4.79 Å². The Labute approximate surface area is 109 Å². The lowest BCUT2D eigenvalue weighted by Gasteiger charge is -2.29. The molecule has 0 saturated carbocycles. The van der Waals surface area contributed by atoms with Crippen molar-refractivity contribution in [2.75, 3.05) is 13.1 Å². The van der Waals surface area contributed by atoms with Gasteiger partial charge in [-0.2, -0.15) is 0 Å². The van der Waals surface area contributed by atoms with Gasteiger partial charge in [0.2, 0.25) is 5.91 Å². The molecule has 3 nitrogen and oxygen atoms in total. The maximum absolute atomic E-state index is 11.9. The first-order valence-corrected chi connectivity index (χ1v) is 6.84. The number of hydrogen-bond donors (Lipinski definition) is 0. The van der Waals surface area contributed by atoms with Crippen molar-refractivity contribution in [3.05, 3.63) is 21.3 Å². The number of ketones is 1. The molecule has 1 aliphatic rings. The highest BCUT2D eigenvalue weighted by atomic mass is 35.5. The van der Waals surface area contributed by atoms with E-state index < -0.39 is 0 Å². The quantitative estimate of drug-likeness (QED) is 0.793. The number of halogens is 1. The summed E-state index contributed by atoms with van der Waals surface area (Å²) in [6.07, 6.45) is 1.90. The Bertz CT molecular complexity index is 443. The van der Waals surface area contributed by atoms with Crippen molar-refractivity contribution in [2.45, 2.75) is 19.8 Å². The van der Waals surface area contributed by atoms with Crippen molar-refractivity contribution in [3.8, 4) is 0 Å². The number of piperidine rings is 1. The molecule has 1 amide bonds. The molecular weight excluding hydrogens is 258 g/mol. The summed E-state index contributed by atoms with van der Waals surface area (Å²) in [5.41, 5.74) is 0. The normalized spacial score (nSPS) is 20.7. The second-order valence-corrected chi connectivity index (χ2v) is 6.05. The molecule has 1 saturated heterocycles. The molecule has 5 heteroatoms. The summed E-state index contributed by atoms with van der Waals surface area (Å²) in [5, 5.41) is 0. The molecule has 17 heavy (non-hydrogen) atoms. The second-order valence-electron chi connectivity index (χ2n) is 4.33. The van der Waals surface area contributed by atoms with E-state index in [1.807, 2.05) is 6.92 Å². The van der Waals surface area contributed by atoms with Gasteiger partial charge in [-0.05, 0) is 25.0 Å². The van der Waals surface area contributed by atoms with Crippen LogP contribution < -0.4 is 0 Å². The molecule has 0 bridgehead atoms. The van der Waals surface area contributed by atoms with E-state index in [0.717, 1.165) is 12.8 Å². The zero-order valence-corrected chi connectivity index (χ0v) is 11.2. The van der Waals surface area contributed by atoms with Gasteiger partial charge in [-0.1, -0.05) is 18.5 Å². The largest absolute Gasteiger partial charge is 0.335 e. The molecule has 0 spiro atoms. The van der Waals surface area contributed by atoms with E-state index in [-0.39, 0.29) is 24.2 Å². The van der Waals surface area contributed by atoms with Crippen molar-refractivity contribution in [1.82, 2.24) is 4.90 Å². The monoisotopic (exact) mass is 271 g/mol. The van der Waals surface area contributed by atoms with Crippen LogP contribution in [0.25, 0.3) is 0 Å². The number of likely N-dealkylation sites (tertiary alicyclic amines) is 1. The minimum atomic E-state index is -0.0237. The molecule has 92 valence electrons. The van der Waals surface area contributed by atoms with Gasteiger partial charge < -0.3 is 4.90 Å². The molecule has 1 atom stereocenters. The van der Waals surface area contributed by atoms with Crippen LogP contribution in [0, 0.1) is 5.92 Å². The van der Waals surface area contributed by atoms with Crippen LogP contribution >= 0.6 is 22.9 Å². The van der Waals surface area contributed by atoms with Crippen LogP contribution in [0.5, 0.6) is 0 Å². The van der Waals surface area contributed by atoms with E-state index in [1.54, 1.807) is 17.0 Å². The first kappa shape index (κ1) is 12.6. The number of Topliss-reactive ketones (excluding diaryl/α,β-unsaturated/α-hetero) is 1. The van der Waals surface area contributed by atoms with Gasteiger partial charge in [0, 0.05) is 12.5 Å². The summed E-state index contributed by atoms with van der Waals surface area (Å²) in [7, 11) is 0. The van der Waals surface area contributed by atoms with E-state index in [4.69, 9.17) is 11.6 Å². The Morgan fingerprint density at radius 2 is 2.35 bits per heavy atom. The van der Waals surface area contributed by atoms with Crippen molar-refractivity contribution in [3.63, 3.8) is 0 Å². The van der Waals surface area contributed by atoms with Crippen LogP contribution in [0.15, 0.2) is 12.1 Å². The zero-order chi connectivity index (χ0) is 12.4. The first-order valence-electron chi connectivity index (χ1n) is 5.65. The third-order valence-electron chi connectivity index (χ3n) is 2.98. The molecule has 1 fully saturated rings. The number of amides is 1. The Kier molecular flexibility index (Phi) is 3.84. The van der Waals surface area contributed by atoms with Crippen LogP contribution in [-0.4, -0.2) is 29.7 Å². The van der Waals surface area contributed by atoms with E-state index in [2.05, 4.69) is 0 Å². The molecule has 0 radical (unpaired) electrons. The highest BCUT2D eigenvalue weighted by Gasteiger charge is 2.27. The maximum atomic E-state index is 11.9. The topological polar surface area (TPSA) is 37.4 Å². The Morgan fingerprint density at radius 3 is 3.00 bits per heavy atom. The van der Waals surface area contributed by atoms with E-state index >= 15 is 0 Å². The number of rotatable bonds is 3. The SMILES string of the molecule is CC1CCCN(CC(=O)c2ccc(Cl)s2)C1=O. The van der Waals surface area contributed by atoms with Gasteiger partial charge in [0.05, 0.1) is 15.8 Å². The third kappa shape index (κ3) is 2.87. The molecule has 1 aliphatic heterocycles. The van der Waals surface area contributed by atoms with Crippen LogP contribution in [0.2, 0.25) is 4.34 Å². The zero-order valence-electron chi connectivity index (χ0n) is 9.61. The predicted molar refractivity (Wildman–Crippen MR) is 68.6 cm³/mol. The van der Waals surface area contributed by atoms with Crippen LogP contribution in [0.4, 0.5) is 0 Å². The lowest BCUT2D eigenvalue weighted by Crippen LogP contribution is -2.42. The Balaban J connectivity index is 2.01. The summed E-state index contributed by atoms with van der Waals surface area (Å²) in [6.45, 7) is 2.79. The molecule has 1 unspecified atom stereocenters. The molecule has 2 rings (SSSR count). The smallest absolute Gasteiger partial charge is 0.225 e. The van der Waals surface area contributed by atoms with Crippen molar-refractivity contribution in [1.29, 1.82) is 0 Å². The first-order chi connectivity index (χ1) is 8.08. The molecule has 0 aliphatic carbocycles. The molecule has 0 N–H and O–H groups in total. The second kappa shape index (κ2) is 5.19. The molecule has 1 aromatic heterocycles. The summed E-state index contributed by atoms with van der Waals surface area (Å²) < 4.78 is 0.603. The van der Waals surface area contributed by atoms with Gasteiger partial charge in [-0.15, -0.1) is 11.3 Å². The Hall–Kier alpha value is -0.870. The van der Waals surface area contributed by atoms with Gasteiger partial charge in [-0.3, -0.25) is 9.59 Å². The fraction of sp³-hybridized carbons (Fsp3) is 0.500. The van der Waals surface area contributed by atoms with Gasteiger partial charge in [0.15, 0.2) is 5.78 Å². The maximum Gasteiger partial charge on any atom is 0.225 e. The van der Waals surface area contributed by atoms with Crippen LogP contribution in [0.3, 0.4) is 0 Å². The van der Waals surface area contributed by atoms with E-state index in [9.17, 15) is 9.59 Å². The van der Waals surface area contributed by atoms with Crippen LogP contribution in [0.1, 0.15) is 29.4 Å². The summed E-state index contributed by atoms with van der Waals surface area (Å²) in [6, 6.07) is 3.42. The number of nitrogens with zero attached hydrogens (tertiary/aromatic N) is 1. The van der Waals surface area contributed by atoms with Gasteiger partial charge in [-0.25, -0.2) is 0 Å². The number of thiophene rings is 1. The van der Waals surface area contributed by atoms with Crippen molar-refractivity contribution >= 4 is 34.6 Å². The van der Waals surface area contributed by atoms with Gasteiger partial charge in [0.25, 0.3) is 0 Å². The minimum absolute atomic E-state index is 0.0237. The average molecular weight is 272 g/mol. The highest BCUT2D eigenvalue weighted by molar-refractivity contribution is 7.18. The predicted octanol–water partition coefficient (Wildman–Crippen LogP) is 2.84. The van der Waals surface area contributed by atoms with Gasteiger partial charge in [0.1, 0.15) is 0 Å². The average Bonchev–Trinajstić information content (AvgIpc) is 2.72. The van der Waals surface area contributed by atoms with E-state index in [1.165, 1.54) is 11.3 Å². The fourth-order valence-electron chi connectivity index (χ4n) is 2.01. The minimum Gasteiger partial charge on any atom is -0.335 e. The number of carbonyl (C=O) groups is 2. The Morgan fingerprint density at radius 1 is 1.59 bits per heavy atom. The van der Waals surface area contributed by atoms with Gasteiger partial charge >= 0.3 is 0 Å². The highest BCUT2D eigenvalue weighted by Crippen LogP contribution is 2.23. The van der Waals surface area contributed by atoms with Crippen molar-refractivity contribution < 1.29 is 9.59 Å². The molecule has 0 aromatic carbocycles. The summed E-state index contributed by atoms with van der Waals surface area (Å²) >= 11 is 7.05. The summed E-state index contributed by atoms with van der Waals surface area (Å²) in [4.78, 5) is 26.1. The lowest BCUT2D eigenvalue weighted by molar-refractivity contribution is -0.137. The molecule has 1 aromatic rings.